The fraction of sp³-hybridized carbons (Fsp3) is 0.333. The Hall–Kier alpha value is -0.480. The first kappa shape index (κ1) is 11.6. The Morgan fingerprint density at radius 1 is 1.36 bits per heavy atom. The zero-order valence-electron chi connectivity index (χ0n) is 7.76. The molecular weight excluding hydrogens is 223 g/mol. The molecule has 0 saturated carbocycles. The molecule has 0 heterocycles. The fourth-order valence-electron chi connectivity index (χ4n) is 0.881. The third-order valence-electron chi connectivity index (χ3n) is 1.62. The SMILES string of the molecule is CC(COc1cc(Cl)cc(Cl)c1)NN. The van der Waals surface area contributed by atoms with Gasteiger partial charge in [-0.3, -0.25) is 11.3 Å². The van der Waals surface area contributed by atoms with Crippen molar-refractivity contribution in [1.29, 1.82) is 0 Å². The van der Waals surface area contributed by atoms with Crippen LogP contribution in [0.15, 0.2) is 18.2 Å². The minimum Gasteiger partial charge on any atom is -0.492 e. The van der Waals surface area contributed by atoms with Gasteiger partial charge < -0.3 is 4.74 Å². The molecule has 3 nitrogen and oxygen atoms in total. The molecule has 1 unspecified atom stereocenters. The summed E-state index contributed by atoms with van der Waals surface area (Å²) in [5.41, 5.74) is 2.57. The molecule has 1 rings (SSSR count). The first-order valence-electron chi connectivity index (χ1n) is 4.17. The van der Waals surface area contributed by atoms with Gasteiger partial charge in [0, 0.05) is 10.0 Å². The van der Waals surface area contributed by atoms with Crippen LogP contribution in [-0.4, -0.2) is 12.6 Å². The third kappa shape index (κ3) is 3.72. The van der Waals surface area contributed by atoms with E-state index >= 15 is 0 Å². The van der Waals surface area contributed by atoms with Gasteiger partial charge in [0.25, 0.3) is 0 Å². The second-order valence-electron chi connectivity index (χ2n) is 2.98. The van der Waals surface area contributed by atoms with Crippen LogP contribution >= 0.6 is 23.2 Å². The molecule has 0 amide bonds. The number of hydrogen-bond donors (Lipinski definition) is 2. The standard InChI is InChI=1S/C9H12Cl2N2O/c1-6(13-12)5-14-9-3-7(10)2-8(11)4-9/h2-4,6,13H,5,12H2,1H3. The van der Waals surface area contributed by atoms with Crippen molar-refractivity contribution in [2.24, 2.45) is 5.84 Å². The van der Waals surface area contributed by atoms with E-state index < -0.39 is 0 Å². The zero-order chi connectivity index (χ0) is 10.6. The first-order chi connectivity index (χ1) is 6.61. The molecule has 1 aromatic rings. The molecule has 0 spiro atoms. The average molecular weight is 235 g/mol. The highest BCUT2D eigenvalue weighted by Crippen LogP contribution is 2.24. The van der Waals surface area contributed by atoms with Gasteiger partial charge in [-0.05, 0) is 25.1 Å². The van der Waals surface area contributed by atoms with Crippen molar-refractivity contribution in [1.82, 2.24) is 5.43 Å². The summed E-state index contributed by atoms with van der Waals surface area (Å²) in [7, 11) is 0. The number of ether oxygens (including phenoxy) is 1. The number of benzene rings is 1. The lowest BCUT2D eigenvalue weighted by Gasteiger charge is -2.12. The van der Waals surface area contributed by atoms with Crippen molar-refractivity contribution in [2.75, 3.05) is 6.61 Å². The summed E-state index contributed by atoms with van der Waals surface area (Å²) in [5.74, 6) is 5.86. The van der Waals surface area contributed by atoms with Gasteiger partial charge in [0.2, 0.25) is 0 Å². The van der Waals surface area contributed by atoms with E-state index in [0.29, 0.717) is 22.4 Å². The number of rotatable bonds is 4. The van der Waals surface area contributed by atoms with Crippen LogP contribution in [0.25, 0.3) is 0 Å². The van der Waals surface area contributed by atoms with E-state index in [1.54, 1.807) is 18.2 Å². The van der Waals surface area contributed by atoms with Crippen LogP contribution in [-0.2, 0) is 0 Å². The van der Waals surface area contributed by atoms with Crippen LogP contribution in [0.3, 0.4) is 0 Å². The van der Waals surface area contributed by atoms with Gasteiger partial charge in [0.1, 0.15) is 12.4 Å². The lowest BCUT2D eigenvalue weighted by molar-refractivity contribution is 0.275. The predicted octanol–water partition coefficient (Wildman–Crippen LogP) is 2.22. The summed E-state index contributed by atoms with van der Waals surface area (Å²) in [4.78, 5) is 0. The molecule has 0 aromatic heterocycles. The zero-order valence-corrected chi connectivity index (χ0v) is 9.27. The van der Waals surface area contributed by atoms with Crippen molar-refractivity contribution in [2.45, 2.75) is 13.0 Å². The molecular formula is C9H12Cl2N2O. The van der Waals surface area contributed by atoms with Gasteiger partial charge in [0.15, 0.2) is 0 Å². The van der Waals surface area contributed by atoms with E-state index in [0.717, 1.165) is 0 Å². The van der Waals surface area contributed by atoms with Crippen LogP contribution in [0.1, 0.15) is 6.92 Å². The van der Waals surface area contributed by atoms with Crippen molar-refractivity contribution in [3.8, 4) is 5.75 Å². The molecule has 1 atom stereocenters. The summed E-state index contributed by atoms with van der Waals surface area (Å²) in [6.07, 6.45) is 0. The summed E-state index contributed by atoms with van der Waals surface area (Å²) >= 11 is 11.6. The minimum absolute atomic E-state index is 0.0766. The Labute approximate surface area is 93.1 Å². The first-order valence-corrected chi connectivity index (χ1v) is 4.92. The Morgan fingerprint density at radius 3 is 2.43 bits per heavy atom. The Kier molecular flexibility index (Phi) is 4.48. The van der Waals surface area contributed by atoms with E-state index in [2.05, 4.69) is 5.43 Å². The molecule has 78 valence electrons. The number of nitrogens with two attached hydrogens (primary N) is 1. The van der Waals surface area contributed by atoms with E-state index in [-0.39, 0.29) is 6.04 Å². The lowest BCUT2D eigenvalue weighted by Crippen LogP contribution is -2.36. The largest absolute Gasteiger partial charge is 0.492 e. The Balaban J connectivity index is 2.58. The highest BCUT2D eigenvalue weighted by molar-refractivity contribution is 6.34. The third-order valence-corrected chi connectivity index (χ3v) is 2.06. The molecule has 14 heavy (non-hydrogen) atoms. The number of halogens is 2. The maximum Gasteiger partial charge on any atom is 0.122 e. The summed E-state index contributed by atoms with van der Waals surface area (Å²) in [6, 6.07) is 5.14. The Bertz CT molecular complexity index is 287. The van der Waals surface area contributed by atoms with Crippen LogP contribution in [0.5, 0.6) is 5.75 Å². The van der Waals surface area contributed by atoms with Gasteiger partial charge in [-0.15, -0.1) is 0 Å². The second-order valence-corrected chi connectivity index (χ2v) is 3.86. The highest BCUT2D eigenvalue weighted by Gasteiger charge is 2.02. The molecule has 0 aliphatic carbocycles. The molecule has 0 radical (unpaired) electrons. The quantitative estimate of drug-likeness (QED) is 0.621. The summed E-state index contributed by atoms with van der Waals surface area (Å²) in [5, 5.41) is 1.11. The maximum atomic E-state index is 5.79. The van der Waals surface area contributed by atoms with Gasteiger partial charge in [-0.1, -0.05) is 23.2 Å². The smallest absolute Gasteiger partial charge is 0.122 e. The van der Waals surface area contributed by atoms with E-state index in [4.69, 9.17) is 33.8 Å². The van der Waals surface area contributed by atoms with Gasteiger partial charge in [-0.2, -0.15) is 0 Å². The molecule has 1 aromatic carbocycles. The fourth-order valence-corrected chi connectivity index (χ4v) is 1.39. The number of hydrazine groups is 1. The molecule has 0 saturated heterocycles. The molecule has 0 bridgehead atoms. The number of hydrogen-bond acceptors (Lipinski definition) is 3. The van der Waals surface area contributed by atoms with Crippen LogP contribution < -0.4 is 16.0 Å². The average Bonchev–Trinajstić information content (AvgIpc) is 2.12. The van der Waals surface area contributed by atoms with Gasteiger partial charge >= 0.3 is 0 Å². The topological polar surface area (TPSA) is 47.3 Å². The summed E-state index contributed by atoms with van der Waals surface area (Å²) in [6.45, 7) is 2.37. The van der Waals surface area contributed by atoms with Gasteiger partial charge in [-0.25, -0.2) is 0 Å². The normalized spacial score (nSPS) is 12.6. The lowest BCUT2D eigenvalue weighted by atomic mass is 10.3. The molecule has 0 aliphatic rings. The molecule has 5 heteroatoms. The maximum absolute atomic E-state index is 5.79. The molecule has 0 fully saturated rings. The molecule has 3 N–H and O–H groups in total. The van der Waals surface area contributed by atoms with Crippen LogP contribution in [0.2, 0.25) is 10.0 Å². The summed E-state index contributed by atoms with van der Waals surface area (Å²) < 4.78 is 5.41. The molecule has 0 aliphatic heterocycles. The highest BCUT2D eigenvalue weighted by atomic mass is 35.5. The van der Waals surface area contributed by atoms with Crippen LogP contribution in [0, 0.1) is 0 Å². The van der Waals surface area contributed by atoms with Crippen molar-refractivity contribution >= 4 is 23.2 Å². The van der Waals surface area contributed by atoms with E-state index in [9.17, 15) is 0 Å². The minimum atomic E-state index is 0.0766. The Morgan fingerprint density at radius 2 is 1.93 bits per heavy atom. The van der Waals surface area contributed by atoms with Crippen molar-refractivity contribution < 1.29 is 4.74 Å². The monoisotopic (exact) mass is 234 g/mol. The van der Waals surface area contributed by atoms with E-state index in [1.807, 2.05) is 6.92 Å². The van der Waals surface area contributed by atoms with Crippen molar-refractivity contribution in [3.05, 3.63) is 28.2 Å². The van der Waals surface area contributed by atoms with Crippen LogP contribution in [0.4, 0.5) is 0 Å². The second kappa shape index (κ2) is 5.41. The van der Waals surface area contributed by atoms with Gasteiger partial charge in [0.05, 0.1) is 6.04 Å². The van der Waals surface area contributed by atoms with Crippen molar-refractivity contribution in [3.63, 3.8) is 0 Å². The van der Waals surface area contributed by atoms with E-state index in [1.165, 1.54) is 0 Å². The number of nitrogens with one attached hydrogen (secondary N) is 1. The predicted molar refractivity (Wildman–Crippen MR) is 58.7 cm³/mol.